The Morgan fingerprint density at radius 1 is 1.21 bits per heavy atom. The van der Waals surface area contributed by atoms with E-state index in [0.29, 0.717) is 0 Å². The van der Waals surface area contributed by atoms with Gasteiger partial charge in [-0.05, 0) is 0 Å². The van der Waals surface area contributed by atoms with Gasteiger partial charge >= 0.3 is 109 Å². The van der Waals surface area contributed by atoms with Crippen LogP contribution in [-0.2, 0) is 14.1 Å². The number of hydrogen-bond donors (Lipinski definition) is 0. The SMILES string of the molecule is CCP(C)(C#CP(F)F)(CC)OS(=O)(=O)C(F)(F)F. The van der Waals surface area contributed by atoms with Gasteiger partial charge in [-0.1, -0.05) is 0 Å². The molecule has 0 atom stereocenters. The van der Waals surface area contributed by atoms with Crippen molar-refractivity contribution in [3.63, 3.8) is 0 Å². The van der Waals surface area contributed by atoms with E-state index in [0.717, 1.165) is 6.66 Å². The van der Waals surface area contributed by atoms with E-state index in [4.69, 9.17) is 0 Å². The molecule has 19 heavy (non-hydrogen) atoms. The Balaban J connectivity index is 5.79. The molecule has 0 aliphatic carbocycles. The predicted molar refractivity (Wildman–Crippen MR) is 66.9 cm³/mol. The van der Waals surface area contributed by atoms with E-state index in [1.165, 1.54) is 19.5 Å². The zero-order chi connectivity index (χ0) is 15.6. The van der Waals surface area contributed by atoms with Crippen molar-refractivity contribution in [1.82, 2.24) is 0 Å². The van der Waals surface area contributed by atoms with Crippen LogP contribution in [0.3, 0.4) is 0 Å². The minimum atomic E-state index is -5.87. The second-order valence-electron chi connectivity index (χ2n) is 3.99. The molecule has 0 heterocycles. The molecule has 0 saturated heterocycles. The molecule has 0 amide bonds. The van der Waals surface area contributed by atoms with Crippen LogP contribution < -0.4 is 0 Å². The zero-order valence-corrected chi connectivity index (χ0v) is 12.9. The van der Waals surface area contributed by atoms with Crippen molar-refractivity contribution in [2.24, 2.45) is 0 Å². The molecule has 0 unspecified atom stereocenters. The molecule has 0 aromatic carbocycles. The average Bonchev–Trinajstić information content (AvgIpc) is 2.25. The van der Waals surface area contributed by atoms with E-state index in [9.17, 15) is 30.0 Å². The van der Waals surface area contributed by atoms with E-state index in [-0.39, 0.29) is 12.3 Å². The summed E-state index contributed by atoms with van der Waals surface area (Å²) >= 11 is 0. The quantitative estimate of drug-likeness (QED) is 0.332. The van der Waals surface area contributed by atoms with Crippen LogP contribution >= 0.6 is 15.4 Å². The fourth-order valence-electron chi connectivity index (χ4n) is 1.01. The second-order valence-corrected chi connectivity index (χ2v) is 12.0. The Kier molecular flexibility index (Phi) is 5.76. The Morgan fingerprint density at radius 3 is 1.89 bits per heavy atom. The van der Waals surface area contributed by atoms with Gasteiger partial charge in [0.25, 0.3) is 0 Å². The molecule has 0 rings (SSSR count). The summed E-state index contributed by atoms with van der Waals surface area (Å²) in [5.74, 6) is 0. The molecule has 0 aliphatic heterocycles. The third kappa shape index (κ3) is 4.78. The third-order valence-corrected chi connectivity index (χ3v) is 10.3. The molecule has 0 saturated carbocycles. The van der Waals surface area contributed by atoms with E-state index in [2.05, 4.69) is 3.97 Å². The summed E-state index contributed by atoms with van der Waals surface area (Å²) in [5.41, 5.74) is -2.12. The summed E-state index contributed by atoms with van der Waals surface area (Å²) in [4.78, 5) is 0. The monoisotopic (exact) mass is 346 g/mol. The topological polar surface area (TPSA) is 43.4 Å². The van der Waals surface area contributed by atoms with Gasteiger partial charge in [-0.15, -0.1) is 0 Å². The Morgan fingerprint density at radius 2 is 1.63 bits per heavy atom. The first-order valence-electron chi connectivity index (χ1n) is 4.98. The summed E-state index contributed by atoms with van der Waals surface area (Å²) in [6.45, 7) is -0.347. The van der Waals surface area contributed by atoms with E-state index < -0.39 is 31.0 Å². The van der Waals surface area contributed by atoms with E-state index in [1.807, 2.05) is 5.66 Å². The molecule has 11 heteroatoms. The summed E-state index contributed by atoms with van der Waals surface area (Å²) < 4.78 is 87.7. The summed E-state index contributed by atoms with van der Waals surface area (Å²) in [5, 5.41) is 0. The van der Waals surface area contributed by atoms with Crippen molar-refractivity contribution in [3.8, 4) is 11.3 Å². The van der Waals surface area contributed by atoms with Gasteiger partial charge in [-0.3, -0.25) is 0 Å². The maximum absolute atomic E-state index is 12.3. The molecular weight excluding hydrogens is 333 g/mol. The molecule has 0 aromatic rings. The van der Waals surface area contributed by atoms with Crippen LogP contribution in [0.25, 0.3) is 0 Å². The van der Waals surface area contributed by atoms with Gasteiger partial charge in [0.2, 0.25) is 0 Å². The van der Waals surface area contributed by atoms with Crippen molar-refractivity contribution in [2.75, 3.05) is 19.0 Å². The van der Waals surface area contributed by atoms with Crippen molar-refractivity contribution in [2.45, 2.75) is 19.4 Å². The molecule has 3 nitrogen and oxygen atoms in total. The van der Waals surface area contributed by atoms with Crippen LogP contribution in [0, 0.1) is 11.3 Å². The van der Waals surface area contributed by atoms with Gasteiger partial charge in [0.1, 0.15) is 0 Å². The first-order valence-corrected chi connectivity index (χ1v) is 10.5. The first-order chi connectivity index (χ1) is 8.29. The van der Waals surface area contributed by atoms with Gasteiger partial charge in [0, 0.05) is 0 Å². The number of hydrogen-bond acceptors (Lipinski definition) is 3. The van der Waals surface area contributed by atoms with Crippen molar-refractivity contribution in [1.29, 1.82) is 0 Å². The standard InChI is InChI=1S/C8H13F5O3P2S/c1-4-18(3,5-2,7-6-17(12)13)16-19(14,15)8(9,10)11/h4-5H2,1-3H3. The maximum atomic E-state index is 12.3. The molecule has 0 radical (unpaired) electrons. The van der Waals surface area contributed by atoms with Crippen LogP contribution in [0.2, 0.25) is 0 Å². The predicted octanol–water partition coefficient (Wildman–Crippen LogP) is 4.16. The van der Waals surface area contributed by atoms with Gasteiger partial charge in [0.05, 0.1) is 0 Å². The van der Waals surface area contributed by atoms with Crippen LogP contribution in [0.1, 0.15) is 13.8 Å². The summed E-state index contributed by atoms with van der Waals surface area (Å²) in [6, 6.07) is 0. The van der Waals surface area contributed by atoms with E-state index in [1.54, 1.807) is 0 Å². The van der Waals surface area contributed by atoms with Crippen LogP contribution in [-0.4, -0.2) is 32.9 Å². The minimum absolute atomic E-state index is 0.173. The molecule has 114 valence electrons. The number of alkyl halides is 3. The normalized spacial score (nSPS) is 15.5. The van der Waals surface area contributed by atoms with Crippen molar-refractivity contribution >= 4 is 25.5 Å². The van der Waals surface area contributed by atoms with Crippen molar-refractivity contribution in [3.05, 3.63) is 0 Å². The Labute approximate surface area is 110 Å². The summed E-state index contributed by atoms with van der Waals surface area (Å²) in [7, 11) is -9.53. The van der Waals surface area contributed by atoms with Gasteiger partial charge < -0.3 is 0 Å². The molecule has 0 fully saturated rings. The van der Waals surface area contributed by atoms with Gasteiger partial charge in [-0.2, -0.15) is 0 Å². The second kappa shape index (κ2) is 5.77. The van der Waals surface area contributed by atoms with Crippen molar-refractivity contribution < 1.29 is 34.0 Å². The molecule has 0 aliphatic rings. The van der Waals surface area contributed by atoms with Crippen LogP contribution in [0.15, 0.2) is 0 Å². The van der Waals surface area contributed by atoms with Gasteiger partial charge in [0.15, 0.2) is 0 Å². The Bertz CT molecular complexity index is 487. The number of rotatable bonds is 4. The fourth-order valence-corrected chi connectivity index (χ4v) is 6.83. The average molecular weight is 346 g/mol. The molecule has 0 aromatic heterocycles. The van der Waals surface area contributed by atoms with Crippen LogP contribution in [0.4, 0.5) is 21.6 Å². The third-order valence-electron chi connectivity index (χ3n) is 2.70. The molecule has 0 N–H and O–H groups in total. The number of halogens is 5. The first kappa shape index (κ1) is 19.0. The van der Waals surface area contributed by atoms with Crippen LogP contribution in [0.5, 0.6) is 0 Å². The fraction of sp³-hybridized carbons (Fsp3) is 0.750. The zero-order valence-electron chi connectivity index (χ0n) is 10.3. The van der Waals surface area contributed by atoms with Gasteiger partial charge in [-0.25, -0.2) is 0 Å². The molecule has 0 spiro atoms. The van der Waals surface area contributed by atoms with E-state index >= 15 is 0 Å². The molecular formula is C8H13F5O3P2S. The molecule has 0 bridgehead atoms. The Hall–Kier alpha value is -0.0200. The summed E-state index contributed by atoms with van der Waals surface area (Å²) in [6.07, 6.45) is -0.346.